The number of aliphatic hydroxyl groups is 1. The fourth-order valence-corrected chi connectivity index (χ4v) is 2.36. The van der Waals surface area contributed by atoms with E-state index in [4.69, 9.17) is 9.84 Å². The molecule has 1 aromatic rings. The topological polar surface area (TPSA) is 78.8 Å². The van der Waals surface area contributed by atoms with Crippen molar-refractivity contribution in [2.75, 3.05) is 44.3 Å². The average molecular weight is 362 g/mol. The van der Waals surface area contributed by atoms with Gasteiger partial charge < -0.3 is 19.6 Å². The van der Waals surface area contributed by atoms with Crippen molar-refractivity contribution >= 4 is 11.9 Å². The van der Waals surface area contributed by atoms with Gasteiger partial charge in [-0.3, -0.25) is 4.79 Å². The molecule has 0 saturated carbocycles. The fourth-order valence-electron chi connectivity index (χ4n) is 2.36. The van der Waals surface area contributed by atoms with Gasteiger partial charge in [0.15, 0.2) is 0 Å². The minimum atomic E-state index is -4.46. The fraction of sp³-hybridized carbons (Fsp3) is 0.667. The van der Waals surface area contributed by atoms with E-state index in [-0.39, 0.29) is 31.5 Å². The number of aromatic nitrogens is 2. The number of piperazine rings is 1. The maximum absolute atomic E-state index is 12.5. The second-order valence-corrected chi connectivity index (χ2v) is 5.81. The first-order valence-electron chi connectivity index (χ1n) is 7.95. The number of nitrogens with zero attached hydrogens (tertiary/aromatic N) is 4. The van der Waals surface area contributed by atoms with Crippen molar-refractivity contribution in [2.45, 2.75) is 25.6 Å². The van der Waals surface area contributed by atoms with Gasteiger partial charge in [-0.25, -0.2) is 9.97 Å². The Morgan fingerprint density at radius 1 is 1.28 bits per heavy atom. The van der Waals surface area contributed by atoms with Crippen LogP contribution in [-0.2, 0) is 15.7 Å². The molecule has 2 rings (SSSR count). The molecule has 25 heavy (non-hydrogen) atoms. The molecule has 0 radical (unpaired) electrons. The number of rotatable bonds is 6. The van der Waals surface area contributed by atoms with Gasteiger partial charge in [0.25, 0.3) is 0 Å². The summed E-state index contributed by atoms with van der Waals surface area (Å²) in [4.78, 5) is 23.0. The number of ether oxygens (including phenoxy) is 1. The molecule has 0 bridgehead atoms. The molecule has 7 nitrogen and oxygen atoms in total. The Morgan fingerprint density at radius 2 is 1.88 bits per heavy atom. The summed E-state index contributed by atoms with van der Waals surface area (Å²) >= 11 is 0. The molecular formula is C15H21F3N4O3. The van der Waals surface area contributed by atoms with Crippen molar-refractivity contribution in [3.8, 4) is 0 Å². The lowest BCUT2D eigenvalue weighted by Gasteiger charge is -2.34. The molecule has 0 aromatic carbocycles. The van der Waals surface area contributed by atoms with Crippen LogP contribution in [0.4, 0.5) is 19.1 Å². The van der Waals surface area contributed by atoms with E-state index in [1.165, 1.54) is 0 Å². The van der Waals surface area contributed by atoms with Gasteiger partial charge in [-0.1, -0.05) is 0 Å². The molecule has 2 heterocycles. The van der Waals surface area contributed by atoms with Crippen molar-refractivity contribution in [3.63, 3.8) is 0 Å². The number of hydrogen-bond donors (Lipinski definition) is 1. The molecule has 1 aromatic heterocycles. The molecule has 1 N–H and O–H groups in total. The smallest absolute Gasteiger partial charge is 0.391 e. The third-order valence-corrected chi connectivity index (χ3v) is 3.70. The monoisotopic (exact) mass is 362 g/mol. The molecular weight excluding hydrogens is 341 g/mol. The number of carbonyl (C=O) groups is 1. The molecule has 140 valence electrons. The van der Waals surface area contributed by atoms with Crippen LogP contribution >= 0.6 is 0 Å². The summed E-state index contributed by atoms with van der Waals surface area (Å²) < 4.78 is 42.7. The molecule has 1 fully saturated rings. The second-order valence-electron chi connectivity index (χ2n) is 5.81. The molecule has 0 unspecified atom stereocenters. The zero-order valence-corrected chi connectivity index (χ0v) is 13.9. The van der Waals surface area contributed by atoms with Crippen LogP contribution in [0.2, 0.25) is 0 Å². The van der Waals surface area contributed by atoms with Crippen LogP contribution in [0.5, 0.6) is 0 Å². The van der Waals surface area contributed by atoms with Gasteiger partial charge in [0.1, 0.15) is 0 Å². The van der Waals surface area contributed by atoms with Crippen LogP contribution in [0.15, 0.2) is 12.4 Å². The van der Waals surface area contributed by atoms with Crippen molar-refractivity contribution < 1.29 is 27.8 Å². The first kappa shape index (κ1) is 19.4. The van der Waals surface area contributed by atoms with E-state index in [0.717, 1.165) is 12.4 Å². The van der Waals surface area contributed by atoms with E-state index in [1.807, 2.05) is 0 Å². The van der Waals surface area contributed by atoms with Crippen LogP contribution in [-0.4, -0.2) is 71.4 Å². The van der Waals surface area contributed by atoms with Crippen LogP contribution in [0, 0.1) is 0 Å². The van der Waals surface area contributed by atoms with Gasteiger partial charge >= 0.3 is 6.18 Å². The van der Waals surface area contributed by atoms with E-state index < -0.39 is 17.8 Å². The Morgan fingerprint density at radius 3 is 2.40 bits per heavy atom. The second kappa shape index (κ2) is 8.43. The predicted molar refractivity (Wildman–Crippen MR) is 82.9 cm³/mol. The zero-order valence-electron chi connectivity index (χ0n) is 13.9. The molecule has 0 aliphatic carbocycles. The maximum Gasteiger partial charge on any atom is 0.419 e. The van der Waals surface area contributed by atoms with E-state index >= 15 is 0 Å². The van der Waals surface area contributed by atoms with Crippen molar-refractivity contribution in [3.05, 3.63) is 18.0 Å². The van der Waals surface area contributed by atoms with E-state index in [9.17, 15) is 18.0 Å². The molecule has 0 spiro atoms. The van der Waals surface area contributed by atoms with Crippen molar-refractivity contribution in [1.82, 2.24) is 14.9 Å². The Balaban J connectivity index is 1.78. The number of anilines is 1. The Hall–Kier alpha value is -1.94. The van der Waals surface area contributed by atoms with Gasteiger partial charge in [0.05, 0.1) is 31.3 Å². The summed E-state index contributed by atoms with van der Waals surface area (Å²) in [6.07, 6.45) is -3.27. The number of halogens is 3. The summed E-state index contributed by atoms with van der Waals surface area (Å²) in [7, 11) is 0. The van der Waals surface area contributed by atoms with Crippen LogP contribution in [0.3, 0.4) is 0 Å². The SMILES string of the molecule is C[C@@H](O)COCCC(=O)N1CCN(c2ncc(C(F)(F)F)cn2)CC1. The van der Waals surface area contributed by atoms with Crippen LogP contribution < -0.4 is 4.90 Å². The molecule has 1 saturated heterocycles. The van der Waals surface area contributed by atoms with Crippen LogP contribution in [0.1, 0.15) is 18.9 Å². The van der Waals surface area contributed by atoms with Crippen molar-refractivity contribution in [2.24, 2.45) is 0 Å². The third kappa shape index (κ3) is 5.82. The number of alkyl halides is 3. The van der Waals surface area contributed by atoms with Gasteiger partial charge in [-0.15, -0.1) is 0 Å². The van der Waals surface area contributed by atoms with Gasteiger partial charge in [0, 0.05) is 38.6 Å². The van der Waals surface area contributed by atoms with E-state index in [0.29, 0.717) is 26.2 Å². The zero-order chi connectivity index (χ0) is 18.4. The normalized spacial score (nSPS) is 16.8. The lowest BCUT2D eigenvalue weighted by atomic mass is 10.3. The molecule has 1 atom stereocenters. The molecule has 1 aliphatic rings. The highest BCUT2D eigenvalue weighted by Crippen LogP contribution is 2.28. The largest absolute Gasteiger partial charge is 0.419 e. The molecule has 10 heteroatoms. The van der Waals surface area contributed by atoms with Gasteiger partial charge in [-0.2, -0.15) is 13.2 Å². The Bertz CT molecular complexity index is 558. The number of aliphatic hydroxyl groups excluding tert-OH is 1. The first-order chi connectivity index (χ1) is 11.8. The maximum atomic E-state index is 12.5. The predicted octanol–water partition coefficient (Wildman–Crippen LogP) is 0.931. The summed E-state index contributed by atoms with van der Waals surface area (Å²) in [5, 5.41) is 9.07. The summed E-state index contributed by atoms with van der Waals surface area (Å²) in [6, 6.07) is 0. The summed E-state index contributed by atoms with van der Waals surface area (Å²) in [5.74, 6) is 0.166. The standard InChI is InChI=1S/C15H21F3N4O3/c1-11(23)10-25-7-2-13(24)21-3-5-22(6-4-21)14-19-8-12(9-20-14)15(16,17)18/h8-9,11,23H,2-7,10H2,1H3/t11-/m1/s1. The summed E-state index contributed by atoms with van der Waals surface area (Å²) in [5.41, 5.74) is -0.887. The van der Waals surface area contributed by atoms with Gasteiger partial charge in [-0.05, 0) is 6.92 Å². The van der Waals surface area contributed by atoms with Crippen LogP contribution in [0.25, 0.3) is 0 Å². The lowest BCUT2D eigenvalue weighted by molar-refractivity contribution is -0.138. The Kier molecular flexibility index (Phi) is 6.54. The highest BCUT2D eigenvalue weighted by Gasteiger charge is 2.32. The highest BCUT2D eigenvalue weighted by molar-refractivity contribution is 5.76. The van der Waals surface area contributed by atoms with E-state index in [2.05, 4.69) is 9.97 Å². The van der Waals surface area contributed by atoms with Gasteiger partial charge in [0.2, 0.25) is 11.9 Å². The molecule has 1 amide bonds. The molecule has 1 aliphatic heterocycles. The first-order valence-corrected chi connectivity index (χ1v) is 7.95. The average Bonchev–Trinajstić information content (AvgIpc) is 2.58. The minimum Gasteiger partial charge on any atom is -0.391 e. The lowest BCUT2D eigenvalue weighted by Crippen LogP contribution is -2.49. The Labute approximate surface area is 143 Å². The van der Waals surface area contributed by atoms with E-state index in [1.54, 1.807) is 16.7 Å². The highest BCUT2D eigenvalue weighted by atomic mass is 19.4. The third-order valence-electron chi connectivity index (χ3n) is 3.70. The summed E-state index contributed by atoms with van der Waals surface area (Å²) in [6.45, 7) is 3.82. The number of hydrogen-bond acceptors (Lipinski definition) is 6. The van der Waals surface area contributed by atoms with Crippen molar-refractivity contribution in [1.29, 1.82) is 0 Å². The minimum absolute atomic E-state index is 0.0569. The number of amides is 1. The number of carbonyl (C=O) groups excluding carboxylic acids is 1. The quantitative estimate of drug-likeness (QED) is 0.759.